The Balaban J connectivity index is 2.12. The van der Waals surface area contributed by atoms with Gasteiger partial charge in [0.05, 0.1) is 0 Å². The minimum atomic E-state index is -0.114. The van der Waals surface area contributed by atoms with E-state index in [1.54, 1.807) is 6.92 Å². The zero-order valence-corrected chi connectivity index (χ0v) is 9.79. The first-order valence-corrected chi connectivity index (χ1v) is 6.00. The van der Waals surface area contributed by atoms with Crippen molar-refractivity contribution in [3.63, 3.8) is 0 Å². The summed E-state index contributed by atoms with van der Waals surface area (Å²) in [6.45, 7) is 3.69. The predicted octanol–water partition coefficient (Wildman–Crippen LogP) is 1.81. The van der Waals surface area contributed by atoms with Crippen molar-refractivity contribution in [3.05, 3.63) is 0 Å². The molecule has 1 heterocycles. The van der Waals surface area contributed by atoms with E-state index < -0.39 is 0 Å². The molecular weight excluding hydrogens is 190 g/mol. The van der Waals surface area contributed by atoms with E-state index >= 15 is 0 Å². The van der Waals surface area contributed by atoms with Crippen LogP contribution in [0.1, 0.15) is 39.0 Å². The summed E-state index contributed by atoms with van der Waals surface area (Å²) in [5, 5.41) is 0. The Kier molecular flexibility index (Phi) is 3.01. The number of rotatable bonds is 1. The number of ether oxygens (including phenoxy) is 1. The number of piperidine rings is 1. The van der Waals surface area contributed by atoms with Crippen LogP contribution >= 0.6 is 0 Å². The van der Waals surface area contributed by atoms with Gasteiger partial charge in [0.1, 0.15) is 5.60 Å². The molecule has 2 fully saturated rings. The lowest BCUT2D eigenvalue weighted by Crippen LogP contribution is -2.54. The molecule has 0 bridgehead atoms. The number of likely N-dealkylation sites (tertiary alicyclic amines) is 1. The zero-order chi connectivity index (χ0) is 10.9. The van der Waals surface area contributed by atoms with Crippen molar-refractivity contribution in [1.82, 2.24) is 4.90 Å². The van der Waals surface area contributed by atoms with E-state index in [1.807, 2.05) is 0 Å². The van der Waals surface area contributed by atoms with Crippen molar-refractivity contribution >= 4 is 5.97 Å². The molecule has 0 amide bonds. The standard InChI is InChI=1S/C12H21NO2/c1-10(14)15-12-6-4-3-5-11(12)9-13(2)8-7-12/h11H,3-9H2,1-2H3. The van der Waals surface area contributed by atoms with Gasteiger partial charge in [-0.05, 0) is 26.3 Å². The highest BCUT2D eigenvalue weighted by Crippen LogP contribution is 2.42. The Morgan fingerprint density at radius 1 is 1.40 bits per heavy atom. The molecule has 0 spiro atoms. The van der Waals surface area contributed by atoms with Gasteiger partial charge in [-0.3, -0.25) is 4.79 Å². The maximum Gasteiger partial charge on any atom is 0.303 e. The van der Waals surface area contributed by atoms with E-state index in [0.717, 1.165) is 25.9 Å². The molecule has 1 aliphatic heterocycles. The predicted molar refractivity (Wildman–Crippen MR) is 58.6 cm³/mol. The molecule has 0 aromatic carbocycles. The highest BCUT2D eigenvalue weighted by atomic mass is 16.6. The summed E-state index contributed by atoms with van der Waals surface area (Å²) in [6.07, 6.45) is 5.82. The molecule has 0 radical (unpaired) electrons. The van der Waals surface area contributed by atoms with E-state index in [9.17, 15) is 4.79 Å². The van der Waals surface area contributed by atoms with Crippen molar-refractivity contribution in [2.75, 3.05) is 20.1 Å². The molecule has 15 heavy (non-hydrogen) atoms. The van der Waals surface area contributed by atoms with Gasteiger partial charge in [0.15, 0.2) is 0 Å². The Labute approximate surface area is 91.8 Å². The molecular formula is C12H21NO2. The van der Waals surface area contributed by atoms with Gasteiger partial charge in [-0.25, -0.2) is 0 Å². The van der Waals surface area contributed by atoms with E-state index in [-0.39, 0.29) is 11.6 Å². The van der Waals surface area contributed by atoms with Crippen LogP contribution < -0.4 is 0 Å². The topological polar surface area (TPSA) is 29.5 Å². The first-order chi connectivity index (χ1) is 7.12. The third-order valence-corrected chi connectivity index (χ3v) is 3.94. The van der Waals surface area contributed by atoms with Crippen molar-refractivity contribution in [3.8, 4) is 0 Å². The molecule has 1 saturated heterocycles. The molecule has 3 nitrogen and oxygen atoms in total. The summed E-state index contributed by atoms with van der Waals surface area (Å²) >= 11 is 0. The number of carbonyl (C=O) groups excluding carboxylic acids is 1. The van der Waals surface area contributed by atoms with Gasteiger partial charge >= 0.3 is 5.97 Å². The number of esters is 1. The molecule has 1 saturated carbocycles. The van der Waals surface area contributed by atoms with Crippen molar-refractivity contribution in [2.24, 2.45) is 5.92 Å². The second kappa shape index (κ2) is 4.12. The van der Waals surface area contributed by atoms with Crippen LogP contribution in [0.25, 0.3) is 0 Å². The normalized spacial score (nSPS) is 37.1. The molecule has 2 aliphatic rings. The first kappa shape index (κ1) is 10.9. The van der Waals surface area contributed by atoms with Crippen LogP contribution in [0.2, 0.25) is 0 Å². The van der Waals surface area contributed by atoms with Crippen molar-refractivity contribution in [2.45, 2.75) is 44.6 Å². The number of nitrogens with zero attached hydrogens (tertiary/aromatic N) is 1. The van der Waals surface area contributed by atoms with Gasteiger partial charge in [-0.2, -0.15) is 0 Å². The van der Waals surface area contributed by atoms with Crippen LogP contribution in [-0.4, -0.2) is 36.6 Å². The zero-order valence-electron chi connectivity index (χ0n) is 9.79. The lowest BCUT2D eigenvalue weighted by Gasteiger charge is -2.48. The molecule has 1 aliphatic carbocycles. The van der Waals surface area contributed by atoms with Crippen LogP contribution in [0.15, 0.2) is 0 Å². The smallest absolute Gasteiger partial charge is 0.303 e. The fourth-order valence-electron chi connectivity index (χ4n) is 3.19. The van der Waals surface area contributed by atoms with E-state index in [1.165, 1.54) is 19.3 Å². The van der Waals surface area contributed by atoms with Crippen molar-refractivity contribution in [1.29, 1.82) is 0 Å². The fourth-order valence-corrected chi connectivity index (χ4v) is 3.19. The Morgan fingerprint density at radius 3 is 2.93 bits per heavy atom. The SMILES string of the molecule is CC(=O)OC12CCCCC1CN(C)CC2. The van der Waals surface area contributed by atoms with Gasteiger partial charge in [0, 0.05) is 32.4 Å². The third-order valence-electron chi connectivity index (χ3n) is 3.94. The molecule has 2 unspecified atom stereocenters. The first-order valence-electron chi connectivity index (χ1n) is 6.00. The van der Waals surface area contributed by atoms with Crippen LogP contribution in [0.3, 0.4) is 0 Å². The quantitative estimate of drug-likeness (QED) is 0.620. The average molecular weight is 211 g/mol. The Hall–Kier alpha value is -0.570. The van der Waals surface area contributed by atoms with Gasteiger partial charge < -0.3 is 9.64 Å². The van der Waals surface area contributed by atoms with Crippen LogP contribution in [-0.2, 0) is 9.53 Å². The summed E-state index contributed by atoms with van der Waals surface area (Å²) in [6, 6.07) is 0. The highest BCUT2D eigenvalue weighted by molar-refractivity contribution is 5.66. The molecule has 0 N–H and O–H groups in total. The number of fused-ring (bicyclic) bond motifs is 1. The molecule has 86 valence electrons. The molecule has 3 heteroatoms. The third kappa shape index (κ3) is 2.17. The fraction of sp³-hybridized carbons (Fsp3) is 0.917. The summed E-state index contributed by atoms with van der Waals surface area (Å²) in [7, 11) is 2.16. The summed E-state index contributed by atoms with van der Waals surface area (Å²) in [4.78, 5) is 13.6. The largest absolute Gasteiger partial charge is 0.459 e. The summed E-state index contributed by atoms with van der Waals surface area (Å²) in [5.74, 6) is 0.459. The molecule has 0 aromatic rings. The Bertz CT molecular complexity index is 254. The lowest BCUT2D eigenvalue weighted by molar-refractivity contribution is -0.176. The Morgan fingerprint density at radius 2 is 2.20 bits per heavy atom. The monoisotopic (exact) mass is 211 g/mol. The summed E-state index contributed by atoms with van der Waals surface area (Å²) in [5.41, 5.74) is -0.114. The average Bonchev–Trinajstić information content (AvgIpc) is 2.17. The lowest BCUT2D eigenvalue weighted by atomic mass is 9.71. The van der Waals surface area contributed by atoms with Crippen LogP contribution in [0.4, 0.5) is 0 Å². The second-order valence-corrected chi connectivity index (χ2v) is 5.11. The molecule has 0 aromatic heterocycles. The van der Waals surface area contributed by atoms with Gasteiger partial charge in [0.25, 0.3) is 0 Å². The minimum absolute atomic E-state index is 0.105. The summed E-state index contributed by atoms with van der Waals surface area (Å²) < 4.78 is 5.67. The molecule has 2 atom stereocenters. The van der Waals surface area contributed by atoms with Crippen LogP contribution in [0.5, 0.6) is 0 Å². The minimum Gasteiger partial charge on any atom is -0.459 e. The maximum atomic E-state index is 11.2. The van der Waals surface area contributed by atoms with E-state index in [4.69, 9.17) is 4.74 Å². The van der Waals surface area contributed by atoms with Crippen molar-refractivity contribution < 1.29 is 9.53 Å². The number of hydrogen-bond donors (Lipinski definition) is 0. The van der Waals surface area contributed by atoms with Gasteiger partial charge in [0.2, 0.25) is 0 Å². The maximum absolute atomic E-state index is 11.2. The van der Waals surface area contributed by atoms with E-state index in [2.05, 4.69) is 11.9 Å². The molecule has 2 rings (SSSR count). The van der Waals surface area contributed by atoms with Crippen LogP contribution in [0, 0.1) is 5.92 Å². The van der Waals surface area contributed by atoms with E-state index in [0.29, 0.717) is 5.92 Å². The van der Waals surface area contributed by atoms with Gasteiger partial charge in [-0.1, -0.05) is 6.42 Å². The number of hydrogen-bond acceptors (Lipinski definition) is 3. The highest BCUT2D eigenvalue weighted by Gasteiger charge is 2.46. The second-order valence-electron chi connectivity index (χ2n) is 5.11. The number of carbonyl (C=O) groups is 1. The van der Waals surface area contributed by atoms with Gasteiger partial charge in [-0.15, -0.1) is 0 Å².